The largest absolute Gasteiger partial charge is 0.493 e. The zero-order chi connectivity index (χ0) is 16.4. The van der Waals surface area contributed by atoms with E-state index in [2.05, 4.69) is 11.1 Å². The highest BCUT2D eigenvalue weighted by molar-refractivity contribution is 7.98. The fraction of sp³-hybridized carbons (Fsp3) is 0.235. The number of benzene rings is 2. The van der Waals surface area contributed by atoms with Crippen LogP contribution in [0.3, 0.4) is 0 Å². The van der Waals surface area contributed by atoms with Gasteiger partial charge in [0.2, 0.25) is 0 Å². The molecule has 0 aliphatic carbocycles. The number of rotatable bonds is 5. The first kappa shape index (κ1) is 16.1. The molecular weight excluding hydrogens is 330 g/mol. The number of methoxy groups -OCH3 is 1. The molecule has 0 aliphatic rings. The van der Waals surface area contributed by atoms with Crippen molar-refractivity contribution in [2.45, 2.75) is 17.9 Å². The summed E-state index contributed by atoms with van der Waals surface area (Å²) in [5, 5.41) is 10.2. The smallest absolute Gasteiger partial charge is 0.280 e. The van der Waals surface area contributed by atoms with E-state index in [1.807, 2.05) is 24.5 Å². The van der Waals surface area contributed by atoms with Gasteiger partial charge in [0.05, 0.1) is 23.4 Å². The number of hydrogen-bond donors (Lipinski definition) is 1. The lowest BCUT2D eigenvalue weighted by atomic mass is 10.1. The van der Waals surface area contributed by atoms with Crippen LogP contribution in [0.4, 0.5) is 0 Å². The van der Waals surface area contributed by atoms with Gasteiger partial charge in [0.25, 0.3) is 5.19 Å². The number of aromatic nitrogens is 1. The van der Waals surface area contributed by atoms with Gasteiger partial charge in [-0.05, 0) is 43.0 Å². The lowest BCUT2D eigenvalue weighted by Gasteiger charge is -2.11. The molecule has 0 radical (unpaired) electrons. The zero-order valence-electron chi connectivity index (χ0n) is 13.1. The average molecular weight is 347 g/mol. The maximum atomic E-state index is 9.67. The van der Waals surface area contributed by atoms with Crippen molar-refractivity contribution in [3.8, 4) is 16.7 Å². The van der Waals surface area contributed by atoms with Gasteiger partial charge in [0.1, 0.15) is 0 Å². The number of ether oxygens (including phenoxy) is 2. The molecule has 3 rings (SSSR count). The molecule has 1 atom stereocenters. The zero-order valence-corrected chi connectivity index (χ0v) is 14.7. The van der Waals surface area contributed by atoms with Crippen molar-refractivity contribution < 1.29 is 14.6 Å². The van der Waals surface area contributed by atoms with E-state index in [0.717, 1.165) is 20.7 Å². The molecular formula is C17H17NO3S2. The first-order valence-corrected chi connectivity index (χ1v) is 9.14. The summed E-state index contributed by atoms with van der Waals surface area (Å²) in [5.74, 6) is 1.16. The maximum Gasteiger partial charge on any atom is 0.280 e. The molecule has 120 valence electrons. The van der Waals surface area contributed by atoms with Crippen LogP contribution >= 0.6 is 23.1 Å². The fourth-order valence-electron chi connectivity index (χ4n) is 2.23. The second-order valence-electron chi connectivity index (χ2n) is 4.98. The quantitative estimate of drug-likeness (QED) is 0.667. The van der Waals surface area contributed by atoms with Gasteiger partial charge in [-0.15, -0.1) is 11.8 Å². The highest BCUT2D eigenvalue weighted by atomic mass is 32.2. The molecule has 0 saturated heterocycles. The number of thioether (sulfide) groups is 1. The Morgan fingerprint density at radius 3 is 2.74 bits per heavy atom. The molecule has 0 bridgehead atoms. The SMILES string of the molecule is COc1cc(C(C)O)ccc1Oc1nc2c(SC)cccc2s1. The second-order valence-corrected chi connectivity index (χ2v) is 6.82. The fourth-order valence-corrected chi connectivity index (χ4v) is 3.72. The Hall–Kier alpha value is -1.76. The van der Waals surface area contributed by atoms with Crippen LogP contribution in [0, 0.1) is 0 Å². The molecule has 1 unspecified atom stereocenters. The van der Waals surface area contributed by atoms with Crippen molar-refractivity contribution in [1.82, 2.24) is 4.98 Å². The molecule has 2 aromatic carbocycles. The Morgan fingerprint density at radius 2 is 2.04 bits per heavy atom. The maximum absolute atomic E-state index is 9.67. The van der Waals surface area contributed by atoms with E-state index in [1.54, 1.807) is 37.9 Å². The molecule has 0 aliphatic heterocycles. The third kappa shape index (κ3) is 3.29. The summed E-state index contributed by atoms with van der Waals surface area (Å²) in [4.78, 5) is 5.71. The molecule has 6 heteroatoms. The number of para-hydroxylation sites is 1. The van der Waals surface area contributed by atoms with Gasteiger partial charge in [-0.25, -0.2) is 4.98 Å². The summed E-state index contributed by atoms with van der Waals surface area (Å²) in [7, 11) is 1.58. The van der Waals surface area contributed by atoms with Crippen molar-refractivity contribution in [3.63, 3.8) is 0 Å². The Bertz CT molecular complexity index is 830. The summed E-state index contributed by atoms with van der Waals surface area (Å²) in [6.07, 6.45) is 1.48. The van der Waals surface area contributed by atoms with Crippen molar-refractivity contribution in [2.24, 2.45) is 0 Å². The predicted molar refractivity (Wildman–Crippen MR) is 95.1 cm³/mol. The van der Waals surface area contributed by atoms with Gasteiger partial charge in [-0.2, -0.15) is 0 Å². The molecule has 0 fully saturated rings. The topological polar surface area (TPSA) is 51.6 Å². The van der Waals surface area contributed by atoms with Crippen LogP contribution in [-0.4, -0.2) is 23.5 Å². The summed E-state index contributed by atoms with van der Waals surface area (Å²) < 4.78 is 12.4. The van der Waals surface area contributed by atoms with Crippen molar-refractivity contribution in [1.29, 1.82) is 0 Å². The minimum absolute atomic E-state index is 0.551. The van der Waals surface area contributed by atoms with Gasteiger partial charge in [0.15, 0.2) is 11.5 Å². The van der Waals surface area contributed by atoms with Gasteiger partial charge < -0.3 is 14.6 Å². The summed E-state index contributed by atoms with van der Waals surface area (Å²) >= 11 is 3.17. The van der Waals surface area contributed by atoms with Crippen LogP contribution in [0.15, 0.2) is 41.3 Å². The number of aliphatic hydroxyl groups is 1. The van der Waals surface area contributed by atoms with Gasteiger partial charge >= 0.3 is 0 Å². The van der Waals surface area contributed by atoms with E-state index in [0.29, 0.717) is 16.7 Å². The summed E-state index contributed by atoms with van der Waals surface area (Å²) in [6, 6.07) is 11.5. The highest BCUT2D eigenvalue weighted by Gasteiger charge is 2.13. The Labute approximate surface area is 143 Å². The number of aliphatic hydroxyl groups excluding tert-OH is 1. The van der Waals surface area contributed by atoms with Crippen LogP contribution < -0.4 is 9.47 Å². The molecule has 0 saturated carbocycles. The van der Waals surface area contributed by atoms with Gasteiger partial charge in [-0.3, -0.25) is 0 Å². The Balaban J connectivity index is 1.95. The first-order valence-electron chi connectivity index (χ1n) is 7.09. The van der Waals surface area contributed by atoms with Crippen molar-refractivity contribution >= 4 is 33.3 Å². The minimum atomic E-state index is -0.551. The van der Waals surface area contributed by atoms with Crippen molar-refractivity contribution in [2.75, 3.05) is 13.4 Å². The second kappa shape index (κ2) is 6.78. The van der Waals surface area contributed by atoms with E-state index in [9.17, 15) is 5.11 Å². The molecule has 0 spiro atoms. The number of fused-ring (bicyclic) bond motifs is 1. The average Bonchev–Trinajstić information content (AvgIpc) is 2.97. The number of hydrogen-bond acceptors (Lipinski definition) is 6. The first-order chi connectivity index (χ1) is 11.1. The van der Waals surface area contributed by atoms with Crippen LogP contribution in [-0.2, 0) is 0 Å². The molecule has 4 nitrogen and oxygen atoms in total. The standard InChI is InChI=1S/C17H17NO3S2/c1-10(19)11-7-8-12(13(9-11)20-2)21-17-18-16-14(22-3)5-4-6-15(16)23-17/h4-10,19H,1-3H3. The van der Waals surface area contributed by atoms with Crippen LogP contribution in [0.25, 0.3) is 10.2 Å². The third-order valence-corrected chi connectivity index (χ3v) is 5.12. The molecule has 0 amide bonds. The van der Waals surface area contributed by atoms with E-state index in [1.165, 1.54) is 11.3 Å². The lowest BCUT2D eigenvalue weighted by Crippen LogP contribution is -1.95. The monoisotopic (exact) mass is 347 g/mol. The van der Waals surface area contributed by atoms with Crippen LogP contribution in [0.1, 0.15) is 18.6 Å². The molecule has 1 N–H and O–H groups in total. The van der Waals surface area contributed by atoms with E-state index >= 15 is 0 Å². The van der Waals surface area contributed by atoms with Crippen molar-refractivity contribution in [3.05, 3.63) is 42.0 Å². The summed E-state index contributed by atoms with van der Waals surface area (Å²) in [6.45, 7) is 1.72. The number of thiazole rings is 1. The molecule has 23 heavy (non-hydrogen) atoms. The summed E-state index contributed by atoms with van der Waals surface area (Å²) in [5.41, 5.74) is 1.74. The third-order valence-electron chi connectivity index (χ3n) is 3.45. The Morgan fingerprint density at radius 1 is 1.22 bits per heavy atom. The van der Waals surface area contributed by atoms with Gasteiger partial charge in [-0.1, -0.05) is 23.5 Å². The highest BCUT2D eigenvalue weighted by Crippen LogP contribution is 2.38. The van der Waals surface area contributed by atoms with E-state index in [4.69, 9.17) is 9.47 Å². The predicted octanol–water partition coefficient (Wildman–Crippen LogP) is 4.87. The van der Waals surface area contributed by atoms with E-state index in [-0.39, 0.29) is 0 Å². The molecule has 1 aromatic heterocycles. The van der Waals surface area contributed by atoms with E-state index < -0.39 is 6.10 Å². The number of nitrogens with zero attached hydrogens (tertiary/aromatic N) is 1. The van der Waals surface area contributed by atoms with Gasteiger partial charge in [0, 0.05) is 4.90 Å². The van der Waals surface area contributed by atoms with Crippen LogP contribution in [0.5, 0.6) is 16.7 Å². The minimum Gasteiger partial charge on any atom is -0.493 e. The molecule has 1 heterocycles. The normalized spacial score (nSPS) is 12.3. The Kier molecular flexibility index (Phi) is 4.75. The van der Waals surface area contributed by atoms with Crippen LogP contribution in [0.2, 0.25) is 0 Å². The molecule has 3 aromatic rings. The lowest BCUT2D eigenvalue weighted by molar-refractivity contribution is 0.198.